The molecule has 0 aliphatic carbocycles. The first-order valence-corrected chi connectivity index (χ1v) is 6.92. The zero-order chi connectivity index (χ0) is 18.2. The topological polar surface area (TPSA) is 153 Å². The van der Waals surface area contributed by atoms with Crippen LogP contribution in [0.1, 0.15) is 28.8 Å². The lowest BCUT2D eigenvalue weighted by molar-refractivity contribution is -0.159. The zero-order valence-electron chi connectivity index (χ0n) is 12.7. The second kappa shape index (κ2) is 5.96. The number of hydrogen-bond acceptors (Lipinski definition) is 7. The quantitative estimate of drug-likeness (QED) is 0.203. The summed E-state index contributed by atoms with van der Waals surface area (Å²) < 4.78 is 13.7. The first-order chi connectivity index (χ1) is 11.2. The van der Waals surface area contributed by atoms with Crippen molar-refractivity contribution >= 4 is 23.8 Å². The van der Waals surface area contributed by atoms with Crippen molar-refractivity contribution in [2.24, 2.45) is 0 Å². The average molecular weight is 341 g/mol. The lowest BCUT2D eigenvalue weighted by Crippen LogP contribution is -2.58. The van der Waals surface area contributed by atoms with Crippen LogP contribution >= 0.6 is 0 Å². The molecule has 0 bridgehead atoms. The highest BCUT2D eigenvalue weighted by Crippen LogP contribution is 2.44. The number of nitrogens with one attached hydrogen (secondary N) is 1. The summed E-state index contributed by atoms with van der Waals surface area (Å²) in [6.45, 7) is -0.454. The Morgan fingerprint density at radius 2 is 2.08 bits per heavy atom. The van der Waals surface area contributed by atoms with Crippen LogP contribution in [0.3, 0.4) is 0 Å². The summed E-state index contributed by atoms with van der Waals surface area (Å²) in [4.78, 5) is 35.8. The van der Waals surface area contributed by atoms with Gasteiger partial charge in [-0.2, -0.15) is 4.39 Å². The highest BCUT2D eigenvalue weighted by Gasteiger charge is 2.49. The Bertz CT molecular complexity index is 738. The lowest BCUT2D eigenvalue weighted by Gasteiger charge is -2.34. The normalized spacial score (nSPS) is 15.8. The smallest absolute Gasteiger partial charge is 0.273 e. The van der Waals surface area contributed by atoms with Crippen molar-refractivity contribution in [2.75, 3.05) is 12.8 Å². The predicted molar refractivity (Wildman–Crippen MR) is 78.3 cm³/mol. The molecule has 2 amide bonds. The minimum Gasteiger partial charge on any atom is -0.504 e. The van der Waals surface area contributed by atoms with Crippen LogP contribution in [0.25, 0.3) is 0 Å². The number of aldehydes is 1. The SMILES string of the molecule is CNC(=O)C(O)(CCC=O)N1Cc2c(N)c(O)c(F)c(O)c2C1=O. The molecule has 1 aliphatic rings. The number of aromatic hydroxyl groups is 2. The van der Waals surface area contributed by atoms with Crippen molar-refractivity contribution in [3.63, 3.8) is 0 Å². The van der Waals surface area contributed by atoms with Crippen LogP contribution in [0.15, 0.2) is 0 Å². The van der Waals surface area contributed by atoms with Gasteiger partial charge in [-0.15, -0.1) is 0 Å². The van der Waals surface area contributed by atoms with Crippen LogP contribution < -0.4 is 11.1 Å². The first-order valence-electron chi connectivity index (χ1n) is 6.92. The van der Waals surface area contributed by atoms with Crippen molar-refractivity contribution in [3.8, 4) is 11.5 Å². The highest BCUT2D eigenvalue weighted by molar-refractivity contribution is 6.05. The first kappa shape index (κ1) is 17.5. The molecule has 130 valence electrons. The summed E-state index contributed by atoms with van der Waals surface area (Å²) in [6, 6.07) is 0. The molecule has 1 unspecified atom stereocenters. The van der Waals surface area contributed by atoms with Gasteiger partial charge in [0, 0.05) is 25.5 Å². The number of fused-ring (bicyclic) bond motifs is 1. The molecule has 1 aliphatic heterocycles. The molecule has 1 aromatic rings. The summed E-state index contributed by atoms with van der Waals surface area (Å²) in [6.07, 6.45) is -0.185. The van der Waals surface area contributed by atoms with Gasteiger partial charge in [0.15, 0.2) is 11.5 Å². The summed E-state index contributed by atoms with van der Waals surface area (Å²) in [5.41, 5.74) is 2.01. The molecule has 1 heterocycles. The number of nitrogens with zero attached hydrogens (tertiary/aromatic N) is 1. The van der Waals surface area contributed by atoms with E-state index in [0.29, 0.717) is 11.2 Å². The minimum absolute atomic E-state index is 0.121. The van der Waals surface area contributed by atoms with Gasteiger partial charge in [-0.05, 0) is 0 Å². The average Bonchev–Trinajstić information content (AvgIpc) is 2.93. The van der Waals surface area contributed by atoms with Gasteiger partial charge < -0.3 is 31.2 Å². The number of rotatable bonds is 5. The number of carbonyl (C=O) groups is 3. The van der Waals surface area contributed by atoms with Gasteiger partial charge in [0.2, 0.25) is 11.5 Å². The molecule has 0 spiro atoms. The van der Waals surface area contributed by atoms with Crippen LogP contribution in [-0.4, -0.2) is 51.1 Å². The van der Waals surface area contributed by atoms with Gasteiger partial charge in [0.25, 0.3) is 11.8 Å². The molecule has 0 radical (unpaired) electrons. The number of hydrogen-bond donors (Lipinski definition) is 5. The van der Waals surface area contributed by atoms with Crippen molar-refractivity contribution in [2.45, 2.75) is 25.1 Å². The predicted octanol–water partition coefficient (Wildman–Crippen LogP) is -0.811. The number of anilines is 1. The molecule has 0 saturated carbocycles. The van der Waals surface area contributed by atoms with Crippen LogP contribution in [0.4, 0.5) is 10.1 Å². The molecule has 9 nitrogen and oxygen atoms in total. The highest BCUT2D eigenvalue weighted by atomic mass is 19.1. The van der Waals surface area contributed by atoms with Crippen molar-refractivity contribution in [1.82, 2.24) is 10.2 Å². The second-order valence-corrected chi connectivity index (χ2v) is 5.27. The third kappa shape index (κ3) is 2.31. The molecule has 0 aromatic heterocycles. The largest absolute Gasteiger partial charge is 0.504 e. The molecule has 24 heavy (non-hydrogen) atoms. The number of nitrogens with two attached hydrogens (primary N) is 1. The number of halogens is 1. The minimum atomic E-state index is -2.41. The van der Waals surface area contributed by atoms with Crippen LogP contribution in [0, 0.1) is 5.82 Å². The molecule has 2 rings (SSSR count). The van der Waals surface area contributed by atoms with E-state index in [2.05, 4.69) is 5.32 Å². The number of likely N-dealkylation sites (N-methyl/N-ethyl adjacent to an activating group) is 1. The number of phenols is 2. The fourth-order valence-corrected chi connectivity index (χ4v) is 2.65. The van der Waals surface area contributed by atoms with E-state index in [1.807, 2.05) is 0 Å². The Morgan fingerprint density at radius 1 is 1.46 bits per heavy atom. The van der Waals surface area contributed by atoms with Crippen molar-refractivity contribution in [1.29, 1.82) is 0 Å². The van der Waals surface area contributed by atoms with E-state index in [0.717, 1.165) is 0 Å². The monoisotopic (exact) mass is 341 g/mol. The third-order valence-corrected chi connectivity index (χ3v) is 3.96. The Morgan fingerprint density at radius 3 is 2.62 bits per heavy atom. The Kier molecular flexibility index (Phi) is 4.34. The number of carbonyl (C=O) groups excluding carboxylic acids is 3. The van der Waals surface area contributed by atoms with Crippen molar-refractivity contribution in [3.05, 3.63) is 16.9 Å². The van der Waals surface area contributed by atoms with E-state index in [-0.39, 0.29) is 12.0 Å². The number of aliphatic hydroxyl groups is 1. The van der Waals surface area contributed by atoms with E-state index < -0.39 is 59.1 Å². The Labute approximate surface area is 135 Å². The van der Waals surface area contributed by atoms with Crippen LogP contribution in [0.5, 0.6) is 11.5 Å². The summed E-state index contributed by atoms with van der Waals surface area (Å²) >= 11 is 0. The van der Waals surface area contributed by atoms with E-state index in [4.69, 9.17) is 5.73 Å². The molecular weight excluding hydrogens is 325 g/mol. The van der Waals surface area contributed by atoms with Crippen molar-refractivity contribution < 1.29 is 34.1 Å². The Hall–Kier alpha value is -2.88. The zero-order valence-corrected chi connectivity index (χ0v) is 12.7. The number of phenolic OH excluding ortho intramolecular Hbond substituents is 2. The van der Waals surface area contributed by atoms with Crippen LogP contribution in [0.2, 0.25) is 0 Å². The third-order valence-electron chi connectivity index (χ3n) is 3.96. The molecule has 10 heteroatoms. The fraction of sp³-hybridized carbons (Fsp3) is 0.357. The van der Waals surface area contributed by atoms with E-state index in [1.165, 1.54) is 7.05 Å². The summed E-state index contributed by atoms with van der Waals surface area (Å²) in [7, 11) is 1.22. The second-order valence-electron chi connectivity index (χ2n) is 5.27. The van der Waals surface area contributed by atoms with E-state index >= 15 is 0 Å². The van der Waals surface area contributed by atoms with Gasteiger partial charge in [0.05, 0.1) is 17.8 Å². The van der Waals surface area contributed by atoms with E-state index in [9.17, 15) is 34.1 Å². The summed E-state index contributed by atoms with van der Waals surface area (Å²) in [5.74, 6) is -5.65. The summed E-state index contributed by atoms with van der Waals surface area (Å²) in [5, 5.41) is 32.1. The molecule has 1 aromatic carbocycles. The number of amides is 2. The van der Waals surface area contributed by atoms with Gasteiger partial charge >= 0.3 is 0 Å². The van der Waals surface area contributed by atoms with Gasteiger partial charge in [-0.1, -0.05) is 0 Å². The maximum atomic E-state index is 13.7. The lowest BCUT2D eigenvalue weighted by atomic mass is 10.0. The maximum absolute atomic E-state index is 13.7. The number of benzene rings is 1. The van der Waals surface area contributed by atoms with Gasteiger partial charge in [0.1, 0.15) is 6.29 Å². The molecule has 6 N–H and O–H groups in total. The van der Waals surface area contributed by atoms with Gasteiger partial charge in [-0.25, -0.2) is 0 Å². The Balaban J connectivity index is 2.56. The fourth-order valence-electron chi connectivity index (χ4n) is 2.65. The van der Waals surface area contributed by atoms with Crippen LogP contribution in [-0.2, 0) is 16.1 Å². The van der Waals surface area contributed by atoms with Gasteiger partial charge in [-0.3, -0.25) is 14.5 Å². The number of nitrogen functional groups attached to an aromatic ring is 1. The molecular formula is C14H16FN3O6. The molecule has 0 saturated heterocycles. The molecule has 0 fully saturated rings. The molecule has 1 atom stereocenters. The standard InChI is InChI=1S/C14H16FN3O6/c1-17-13(23)14(24,3-2-4-19)18-5-6-7(12(18)22)10(20)8(15)11(21)9(6)16/h4,20-21,24H,2-3,5,16H2,1H3,(H,17,23). The maximum Gasteiger partial charge on any atom is 0.273 e. The van der Waals surface area contributed by atoms with E-state index in [1.54, 1.807) is 0 Å².